The quantitative estimate of drug-likeness (QED) is 0.501. The number of hydrogen-bond acceptors (Lipinski definition) is 4. The average molecular weight is 206 g/mol. The highest BCUT2D eigenvalue weighted by molar-refractivity contribution is 4.49. The van der Waals surface area contributed by atoms with Crippen molar-refractivity contribution >= 4 is 0 Å². The molecule has 0 rings (SSSR count). The van der Waals surface area contributed by atoms with Crippen molar-refractivity contribution in [2.75, 3.05) is 47.3 Å². The van der Waals surface area contributed by atoms with Crippen LogP contribution < -0.4 is 0 Å². The van der Waals surface area contributed by atoms with Gasteiger partial charge in [-0.05, 0) is 13.3 Å². The van der Waals surface area contributed by atoms with Gasteiger partial charge in [0.2, 0.25) is 0 Å². The average Bonchev–Trinajstić information content (AvgIpc) is 2.18. The minimum absolute atomic E-state index is 0.229. The summed E-state index contributed by atoms with van der Waals surface area (Å²) < 4.78 is 20.5. The van der Waals surface area contributed by atoms with Crippen LogP contribution in [0.4, 0.5) is 0 Å². The number of methoxy groups -OCH3 is 2. The van der Waals surface area contributed by atoms with E-state index in [4.69, 9.17) is 18.9 Å². The third kappa shape index (κ3) is 9.92. The molecule has 0 bridgehead atoms. The first-order chi connectivity index (χ1) is 6.81. The summed E-state index contributed by atoms with van der Waals surface area (Å²) in [5, 5.41) is 0. The van der Waals surface area contributed by atoms with E-state index in [2.05, 4.69) is 0 Å². The molecule has 0 amide bonds. The molecule has 0 fully saturated rings. The Kier molecular flexibility index (Phi) is 10.8. The molecule has 0 aliphatic rings. The van der Waals surface area contributed by atoms with Crippen molar-refractivity contribution in [2.24, 2.45) is 0 Å². The first-order valence-corrected chi connectivity index (χ1v) is 4.98. The second-order valence-corrected chi connectivity index (χ2v) is 3.07. The van der Waals surface area contributed by atoms with E-state index in [1.54, 1.807) is 14.2 Å². The molecule has 0 saturated heterocycles. The summed E-state index contributed by atoms with van der Waals surface area (Å²) in [5.41, 5.74) is 0. The molecule has 4 heteroatoms. The number of hydrogen-bond donors (Lipinski definition) is 0. The van der Waals surface area contributed by atoms with E-state index in [1.807, 2.05) is 6.92 Å². The Balaban J connectivity index is 3.06. The zero-order chi connectivity index (χ0) is 10.6. The van der Waals surface area contributed by atoms with Crippen LogP contribution in [0.2, 0.25) is 0 Å². The molecule has 0 aliphatic heterocycles. The molecule has 0 spiro atoms. The molecule has 4 nitrogen and oxygen atoms in total. The predicted octanol–water partition coefficient (Wildman–Crippen LogP) is 1.09. The van der Waals surface area contributed by atoms with E-state index in [0.29, 0.717) is 26.4 Å². The van der Waals surface area contributed by atoms with Gasteiger partial charge in [0, 0.05) is 20.8 Å². The van der Waals surface area contributed by atoms with Crippen LogP contribution in [-0.2, 0) is 18.9 Å². The third-order valence-corrected chi connectivity index (χ3v) is 1.79. The minimum atomic E-state index is 0.229. The fourth-order valence-electron chi connectivity index (χ4n) is 0.910. The summed E-state index contributed by atoms with van der Waals surface area (Å²) in [6.07, 6.45) is 1.14. The molecule has 0 saturated carbocycles. The summed E-state index contributed by atoms with van der Waals surface area (Å²) in [5.74, 6) is 0. The normalized spacial score (nSPS) is 13.1. The maximum absolute atomic E-state index is 5.45. The highest BCUT2D eigenvalue weighted by atomic mass is 16.5. The molecule has 0 aromatic carbocycles. The second kappa shape index (κ2) is 10.9. The van der Waals surface area contributed by atoms with Gasteiger partial charge in [-0.2, -0.15) is 0 Å². The first kappa shape index (κ1) is 13.8. The molecule has 0 heterocycles. The Morgan fingerprint density at radius 2 is 1.50 bits per heavy atom. The van der Waals surface area contributed by atoms with E-state index in [1.165, 1.54) is 0 Å². The Hall–Kier alpha value is -0.160. The second-order valence-electron chi connectivity index (χ2n) is 3.07. The van der Waals surface area contributed by atoms with Gasteiger partial charge in [-0.3, -0.25) is 0 Å². The van der Waals surface area contributed by atoms with E-state index < -0.39 is 0 Å². The molecule has 1 unspecified atom stereocenters. The Labute approximate surface area is 86.5 Å². The lowest BCUT2D eigenvalue weighted by Crippen LogP contribution is -2.15. The van der Waals surface area contributed by atoms with Crippen LogP contribution in [0.1, 0.15) is 13.3 Å². The summed E-state index contributed by atoms with van der Waals surface area (Å²) in [6, 6.07) is 0. The van der Waals surface area contributed by atoms with Crippen LogP contribution in [0, 0.1) is 0 Å². The molecule has 1 atom stereocenters. The van der Waals surface area contributed by atoms with Crippen LogP contribution in [0.5, 0.6) is 0 Å². The fourth-order valence-corrected chi connectivity index (χ4v) is 0.910. The van der Waals surface area contributed by atoms with Gasteiger partial charge in [0.05, 0.1) is 32.5 Å². The van der Waals surface area contributed by atoms with E-state index in [0.717, 1.165) is 13.0 Å². The first-order valence-electron chi connectivity index (χ1n) is 4.98. The van der Waals surface area contributed by atoms with Crippen LogP contribution in [0.15, 0.2) is 0 Å². The lowest BCUT2D eigenvalue weighted by Gasteiger charge is -2.12. The van der Waals surface area contributed by atoms with Crippen molar-refractivity contribution < 1.29 is 18.9 Å². The number of ether oxygens (including phenoxy) is 4. The number of rotatable bonds is 10. The largest absolute Gasteiger partial charge is 0.382 e. The molecule has 0 radical (unpaired) electrons. The molecule has 86 valence electrons. The Bertz CT molecular complexity index is 108. The molecule has 14 heavy (non-hydrogen) atoms. The SMILES string of the molecule is COCCOCCC(C)OCCOC. The van der Waals surface area contributed by atoms with Gasteiger partial charge in [0.15, 0.2) is 0 Å². The fraction of sp³-hybridized carbons (Fsp3) is 1.00. The standard InChI is InChI=1S/C10H22O4/c1-10(14-9-7-12-3)4-5-13-8-6-11-2/h10H,4-9H2,1-3H3. The van der Waals surface area contributed by atoms with E-state index in [9.17, 15) is 0 Å². The van der Waals surface area contributed by atoms with Gasteiger partial charge in [-0.1, -0.05) is 0 Å². The van der Waals surface area contributed by atoms with Gasteiger partial charge >= 0.3 is 0 Å². The predicted molar refractivity (Wildman–Crippen MR) is 54.6 cm³/mol. The molecule has 0 aromatic heterocycles. The van der Waals surface area contributed by atoms with E-state index in [-0.39, 0.29) is 6.10 Å². The van der Waals surface area contributed by atoms with Gasteiger partial charge < -0.3 is 18.9 Å². The van der Waals surface area contributed by atoms with Crippen molar-refractivity contribution in [1.82, 2.24) is 0 Å². The summed E-state index contributed by atoms with van der Waals surface area (Å²) in [6.45, 7) is 5.36. The van der Waals surface area contributed by atoms with Gasteiger partial charge in [-0.25, -0.2) is 0 Å². The lowest BCUT2D eigenvalue weighted by atomic mass is 10.3. The molecule has 0 N–H and O–H groups in total. The molecule has 0 aliphatic carbocycles. The molecular formula is C10H22O4. The smallest absolute Gasteiger partial charge is 0.0703 e. The van der Waals surface area contributed by atoms with Crippen molar-refractivity contribution in [3.63, 3.8) is 0 Å². The zero-order valence-electron chi connectivity index (χ0n) is 9.45. The van der Waals surface area contributed by atoms with Gasteiger partial charge in [-0.15, -0.1) is 0 Å². The van der Waals surface area contributed by atoms with Crippen molar-refractivity contribution in [3.05, 3.63) is 0 Å². The highest BCUT2D eigenvalue weighted by Crippen LogP contribution is 1.97. The van der Waals surface area contributed by atoms with Gasteiger partial charge in [0.25, 0.3) is 0 Å². The maximum atomic E-state index is 5.45. The van der Waals surface area contributed by atoms with Crippen molar-refractivity contribution in [1.29, 1.82) is 0 Å². The van der Waals surface area contributed by atoms with Crippen LogP contribution in [0.25, 0.3) is 0 Å². The highest BCUT2D eigenvalue weighted by Gasteiger charge is 2.01. The monoisotopic (exact) mass is 206 g/mol. The third-order valence-electron chi connectivity index (χ3n) is 1.79. The van der Waals surface area contributed by atoms with Crippen LogP contribution >= 0.6 is 0 Å². The van der Waals surface area contributed by atoms with Crippen LogP contribution in [0.3, 0.4) is 0 Å². The minimum Gasteiger partial charge on any atom is -0.382 e. The summed E-state index contributed by atoms with van der Waals surface area (Å²) in [7, 11) is 3.34. The maximum Gasteiger partial charge on any atom is 0.0703 e. The van der Waals surface area contributed by atoms with Gasteiger partial charge in [0.1, 0.15) is 0 Å². The summed E-state index contributed by atoms with van der Waals surface area (Å²) in [4.78, 5) is 0. The molecule has 0 aromatic rings. The zero-order valence-corrected chi connectivity index (χ0v) is 9.45. The lowest BCUT2D eigenvalue weighted by molar-refractivity contribution is 0.000409. The van der Waals surface area contributed by atoms with Crippen molar-refractivity contribution in [2.45, 2.75) is 19.4 Å². The van der Waals surface area contributed by atoms with Crippen molar-refractivity contribution in [3.8, 4) is 0 Å². The Morgan fingerprint density at radius 3 is 2.14 bits per heavy atom. The van der Waals surface area contributed by atoms with E-state index >= 15 is 0 Å². The Morgan fingerprint density at radius 1 is 0.857 bits per heavy atom. The summed E-state index contributed by atoms with van der Waals surface area (Å²) >= 11 is 0. The van der Waals surface area contributed by atoms with Crippen LogP contribution in [-0.4, -0.2) is 53.4 Å². The molecular weight excluding hydrogens is 184 g/mol. The topological polar surface area (TPSA) is 36.9 Å².